The molecule has 12 heavy (non-hydrogen) atoms. The smallest absolute Gasteiger partial charge is 0.303 e. The fourth-order valence-corrected chi connectivity index (χ4v) is 3.27. The molecule has 0 rings (SSSR count). The van der Waals surface area contributed by atoms with Crippen LogP contribution in [-0.2, 0) is 0 Å². The minimum atomic E-state index is -1.83. The molecule has 0 aliphatic heterocycles. The Morgan fingerprint density at radius 3 is 1.42 bits per heavy atom. The summed E-state index contributed by atoms with van der Waals surface area (Å²) >= 11 is 0. The van der Waals surface area contributed by atoms with Crippen LogP contribution in [0.1, 0.15) is 0 Å². The number of nitrogens with zero attached hydrogens (tertiary/aromatic N) is 3. The van der Waals surface area contributed by atoms with Crippen LogP contribution < -0.4 is 11.2 Å². The van der Waals surface area contributed by atoms with Crippen molar-refractivity contribution in [3.8, 4) is 0 Å². The molecule has 0 radical (unpaired) electrons. The Morgan fingerprint density at radius 2 is 1.33 bits per heavy atom. The maximum absolute atomic E-state index is 6.25. The van der Waals surface area contributed by atoms with Gasteiger partial charge < -0.3 is 5.73 Å². The third-order valence-corrected chi connectivity index (χ3v) is 5.47. The summed E-state index contributed by atoms with van der Waals surface area (Å²) < 4.78 is 6.03. The summed E-state index contributed by atoms with van der Waals surface area (Å²) in [6.45, 7) is 0.473. The maximum atomic E-state index is 6.25. The van der Waals surface area contributed by atoms with Gasteiger partial charge >= 0.3 is 7.87 Å². The molecule has 0 spiro atoms. The average Bonchev–Trinajstić information content (AvgIpc) is 2.00. The molecule has 0 aromatic rings. The fraction of sp³-hybridized carbons (Fsp3) is 1.00. The Balaban J connectivity index is 4.61. The quantitative estimate of drug-likeness (QED) is 0.471. The largest absolute Gasteiger partial charge is 0.315 e. The lowest BCUT2D eigenvalue weighted by Crippen LogP contribution is -2.44. The zero-order chi connectivity index (χ0) is 9.94. The second-order valence-electron chi connectivity index (χ2n) is 3.15. The first kappa shape index (κ1) is 12.2. The van der Waals surface area contributed by atoms with Crippen molar-refractivity contribution in [2.24, 2.45) is 11.2 Å². The van der Waals surface area contributed by atoms with E-state index in [1.165, 1.54) is 0 Å². The summed E-state index contributed by atoms with van der Waals surface area (Å²) in [7, 11) is 8.00. The normalized spacial score (nSPS) is 13.5. The molecule has 0 saturated heterocycles. The molecule has 0 aromatic carbocycles. The van der Waals surface area contributed by atoms with Crippen molar-refractivity contribution >= 4 is 7.87 Å². The van der Waals surface area contributed by atoms with Crippen LogP contribution in [-0.4, -0.2) is 55.9 Å². The number of hydrogen-bond acceptors (Lipinski definition) is 5. The molecular weight excluding hydrogens is 173 g/mol. The van der Waals surface area contributed by atoms with Gasteiger partial charge in [-0.05, 0) is 0 Å². The summed E-state index contributed by atoms with van der Waals surface area (Å²) in [6.07, 6.45) is 0. The minimum Gasteiger partial charge on any atom is -0.315 e. The molecule has 4 N–H and O–H groups in total. The molecule has 0 atom stereocenters. The van der Waals surface area contributed by atoms with Crippen LogP contribution in [0.4, 0.5) is 0 Å². The molecule has 0 saturated carbocycles. The van der Waals surface area contributed by atoms with E-state index in [0.29, 0.717) is 6.67 Å². The van der Waals surface area contributed by atoms with Crippen LogP contribution in [0.15, 0.2) is 0 Å². The zero-order valence-corrected chi connectivity index (χ0v) is 9.55. The highest BCUT2D eigenvalue weighted by atomic mass is 31.2. The van der Waals surface area contributed by atoms with E-state index in [-0.39, 0.29) is 0 Å². The predicted molar refractivity (Wildman–Crippen MR) is 55.3 cm³/mol. The van der Waals surface area contributed by atoms with E-state index in [0.717, 1.165) is 0 Å². The third kappa shape index (κ3) is 2.13. The van der Waals surface area contributed by atoms with E-state index in [1.54, 1.807) is 0 Å². The lowest BCUT2D eigenvalue weighted by molar-refractivity contribution is 0.425. The summed E-state index contributed by atoms with van der Waals surface area (Å²) in [5.74, 6) is 0. The van der Waals surface area contributed by atoms with Crippen molar-refractivity contribution in [1.29, 1.82) is 0 Å². The Labute approximate surface area is 75.8 Å². The monoisotopic (exact) mass is 194 g/mol. The Morgan fingerprint density at radius 1 is 1.00 bits per heavy atom. The fourth-order valence-electron chi connectivity index (χ4n) is 1.09. The second kappa shape index (κ2) is 4.46. The van der Waals surface area contributed by atoms with Crippen LogP contribution in [0.25, 0.3) is 0 Å². The molecule has 0 bridgehead atoms. The standard InChI is InChI=1S/C6H21N5P/c1-9(2)12(8,10(3)4)11(5)6-7/h6-8H2,1-5H3/q+1. The Bertz CT molecular complexity index is 130. The molecule has 74 valence electrons. The lowest BCUT2D eigenvalue weighted by Gasteiger charge is -2.36. The molecule has 0 aliphatic carbocycles. The molecule has 0 unspecified atom stereocenters. The van der Waals surface area contributed by atoms with Crippen molar-refractivity contribution in [2.75, 3.05) is 41.9 Å². The van der Waals surface area contributed by atoms with Gasteiger partial charge in [-0.15, -0.1) is 14.0 Å². The molecular formula is C6H21N5P+. The minimum absolute atomic E-state index is 0.473. The van der Waals surface area contributed by atoms with Gasteiger partial charge in [0.25, 0.3) is 0 Å². The van der Waals surface area contributed by atoms with E-state index in [9.17, 15) is 0 Å². The van der Waals surface area contributed by atoms with Crippen LogP contribution >= 0.6 is 7.87 Å². The Kier molecular flexibility index (Phi) is 4.55. The predicted octanol–water partition coefficient (Wildman–Crippen LogP) is -0.406. The van der Waals surface area contributed by atoms with Gasteiger partial charge in [0.1, 0.15) is 0 Å². The molecule has 0 amide bonds. The summed E-state index contributed by atoms with van der Waals surface area (Å²) in [5, 5.41) is 0. The first-order valence-corrected chi connectivity index (χ1v) is 5.54. The van der Waals surface area contributed by atoms with E-state index < -0.39 is 7.87 Å². The van der Waals surface area contributed by atoms with Crippen LogP contribution in [0.2, 0.25) is 0 Å². The van der Waals surface area contributed by atoms with E-state index in [2.05, 4.69) is 0 Å². The van der Waals surface area contributed by atoms with Crippen molar-refractivity contribution in [3.05, 3.63) is 0 Å². The van der Waals surface area contributed by atoms with Crippen molar-refractivity contribution in [3.63, 3.8) is 0 Å². The lowest BCUT2D eigenvalue weighted by atomic mass is 11.1. The maximum Gasteiger partial charge on any atom is 0.303 e. The summed E-state index contributed by atoms with van der Waals surface area (Å²) in [6, 6.07) is 0. The topological polar surface area (TPSA) is 61.8 Å². The SMILES string of the molecule is CN(C)[P+](N)(N(C)C)N(C)CN. The van der Waals surface area contributed by atoms with Crippen molar-refractivity contribution in [2.45, 2.75) is 0 Å². The van der Waals surface area contributed by atoms with Crippen LogP contribution in [0.5, 0.6) is 0 Å². The van der Waals surface area contributed by atoms with Crippen molar-refractivity contribution in [1.82, 2.24) is 14.0 Å². The molecule has 0 fully saturated rings. The highest BCUT2D eigenvalue weighted by Crippen LogP contribution is 2.55. The van der Waals surface area contributed by atoms with Gasteiger partial charge in [0.2, 0.25) is 0 Å². The third-order valence-electron chi connectivity index (χ3n) is 1.94. The summed E-state index contributed by atoms with van der Waals surface area (Å²) in [4.78, 5) is 0. The first-order chi connectivity index (χ1) is 5.37. The average molecular weight is 194 g/mol. The Hall–Kier alpha value is 0.230. The number of nitrogens with two attached hydrogens (primary N) is 2. The van der Waals surface area contributed by atoms with Crippen LogP contribution in [0.3, 0.4) is 0 Å². The van der Waals surface area contributed by atoms with Gasteiger partial charge in [0.05, 0.1) is 6.67 Å². The van der Waals surface area contributed by atoms with Gasteiger partial charge in [-0.3, -0.25) is 0 Å². The van der Waals surface area contributed by atoms with Crippen molar-refractivity contribution < 1.29 is 0 Å². The molecule has 0 aromatic heterocycles. The first-order valence-electron chi connectivity index (χ1n) is 3.82. The number of hydrogen-bond donors (Lipinski definition) is 2. The highest BCUT2D eigenvalue weighted by Gasteiger charge is 2.44. The summed E-state index contributed by atoms with van der Waals surface area (Å²) in [5.41, 5.74) is 11.8. The molecule has 0 heterocycles. The van der Waals surface area contributed by atoms with E-state index >= 15 is 0 Å². The van der Waals surface area contributed by atoms with Crippen LogP contribution in [0, 0.1) is 0 Å². The highest BCUT2D eigenvalue weighted by molar-refractivity contribution is 7.66. The van der Waals surface area contributed by atoms with E-state index in [1.807, 2.05) is 49.2 Å². The van der Waals surface area contributed by atoms with Gasteiger partial charge in [-0.25, -0.2) is 0 Å². The van der Waals surface area contributed by atoms with E-state index in [4.69, 9.17) is 11.2 Å². The zero-order valence-electron chi connectivity index (χ0n) is 8.65. The van der Waals surface area contributed by atoms with Gasteiger partial charge in [0.15, 0.2) is 0 Å². The van der Waals surface area contributed by atoms with Gasteiger partial charge in [0, 0.05) is 35.2 Å². The molecule has 5 nitrogen and oxygen atoms in total. The number of rotatable bonds is 4. The van der Waals surface area contributed by atoms with Gasteiger partial charge in [-0.2, -0.15) is 5.50 Å². The molecule has 0 aliphatic rings. The molecule has 6 heteroatoms. The van der Waals surface area contributed by atoms with Gasteiger partial charge in [-0.1, -0.05) is 0 Å². The second-order valence-corrected chi connectivity index (χ2v) is 6.66.